The molecule has 5 N–H and O–H groups in total. The second-order valence-corrected chi connectivity index (χ2v) is 9.32. The SMILES string of the molecule is Cc1c(C(=O)Nc2cc(C=N)c(N)c(-c3cc4ccccc4s3)c2)sc2nc[nH]c(=O)c12. The summed E-state index contributed by atoms with van der Waals surface area (Å²) in [6.45, 7) is 1.74. The van der Waals surface area contributed by atoms with Gasteiger partial charge in [0, 0.05) is 38.3 Å². The van der Waals surface area contributed by atoms with E-state index in [1.165, 1.54) is 23.9 Å². The van der Waals surface area contributed by atoms with Crippen molar-refractivity contribution >= 4 is 66.5 Å². The number of hydrogen-bond acceptors (Lipinski definition) is 7. The molecule has 5 rings (SSSR count). The van der Waals surface area contributed by atoms with E-state index in [1.807, 2.05) is 30.3 Å². The van der Waals surface area contributed by atoms with Crippen LogP contribution in [-0.4, -0.2) is 22.1 Å². The van der Waals surface area contributed by atoms with Gasteiger partial charge in [0.2, 0.25) is 0 Å². The Morgan fingerprint density at radius 1 is 1.22 bits per heavy atom. The van der Waals surface area contributed by atoms with Crippen molar-refractivity contribution in [3.05, 3.63) is 75.1 Å². The number of H-pyrrole nitrogens is 1. The summed E-state index contributed by atoms with van der Waals surface area (Å²) in [7, 11) is 0. The summed E-state index contributed by atoms with van der Waals surface area (Å²) in [5.41, 5.74) is 8.95. The molecule has 7 nitrogen and oxygen atoms in total. The fourth-order valence-electron chi connectivity index (χ4n) is 3.67. The molecule has 0 unspecified atom stereocenters. The zero-order valence-electron chi connectivity index (χ0n) is 16.9. The predicted molar refractivity (Wildman–Crippen MR) is 132 cm³/mol. The highest BCUT2D eigenvalue weighted by molar-refractivity contribution is 7.22. The summed E-state index contributed by atoms with van der Waals surface area (Å²) in [6.07, 6.45) is 2.51. The van der Waals surface area contributed by atoms with Crippen molar-refractivity contribution in [2.45, 2.75) is 6.92 Å². The van der Waals surface area contributed by atoms with Crippen LogP contribution in [0.4, 0.5) is 11.4 Å². The molecule has 2 aromatic carbocycles. The quantitative estimate of drug-likeness (QED) is 0.223. The first kappa shape index (κ1) is 20.1. The molecule has 0 aliphatic carbocycles. The Bertz CT molecular complexity index is 1560. The summed E-state index contributed by atoms with van der Waals surface area (Å²) in [6, 6.07) is 13.6. The summed E-state index contributed by atoms with van der Waals surface area (Å²) in [5.74, 6) is -0.340. The first-order valence-corrected chi connectivity index (χ1v) is 11.3. The number of aromatic amines is 1. The van der Waals surface area contributed by atoms with Crippen LogP contribution in [0.25, 0.3) is 30.7 Å². The highest BCUT2D eigenvalue weighted by Gasteiger charge is 2.20. The smallest absolute Gasteiger partial charge is 0.266 e. The minimum Gasteiger partial charge on any atom is -0.398 e. The molecule has 3 aromatic heterocycles. The number of fused-ring (bicyclic) bond motifs is 2. The number of hydrogen-bond donors (Lipinski definition) is 4. The van der Waals surface area contributed by atoms with Crippen LogP contribution >= 0.6 is 22.7 Å². The maximum atomic E-state index is 13.1. The number of nitrogens with zero attached hydrogens (tertiary/aromatic N) is 1. The molecule has 0 saturated heterocycles. The highest BCUT2D eigenvalue weighted by atomic mass is 32.1. The lowest BCUT2D eigenvalue weighted by Gasteiger charge is -2.12. The van der Waals surface area contributed by atoms with E-state index < -0.39 is 0 Å². The average molecular weight is 460 g/mol. The van der Waals surface area contributed by atoms with Gasteiger partial charge in [-0.1, -0.05) is 18.2 Å². The number of anilines is 2. The summed E-state index contributed by atoms with van der Waals surface area (Å²) < 4.78 is 1.13. The zero-order chi connectivity index (χ0) is 22.4. The number of carbonyl (C=O) groups is 1. The number of carbonyl (C=O) groups excluding carboxylic acids is 1. The summed E-state index contributed by atoms with van der Waals surface area (Å²) in [4.78, 5) is 33.8. The fourth-order valence-corrected chi connectivity index (χ4v) is 5.81. The number of thiophene rings is 2. The monoisotopic (exact) mass is 459 g/mol. The third-order valence-electron chi connectivity index (χ3n) is 5.26. The van der Waals surface area contributed by atoms with Gasteiger partial charge < -0.3 is 21.4 Å². The topological polar surface area (TPSA) is 125 Å². The van der Waals surface area contributed by atoms with Crippen LogP contribution in [0.5, 0.6) is 0 Å². The number of aryl methyl sites for hydroxylation is 1. The first-order chi connectivity index (χ1) is 15.5. The predicted octanol–water partition coefficient (Wildman–Crippen LogP) is 5.01. The van der Waals surface area contributed by atoms with E-state index in [4.69, 9.17) is 11.1 Å². The lowest BCUT2D eigenvalue weighted by atomic mass is 10.0. The molecule has 0 bridgehead atoms. The molecule has 5 aromatic rings. The van der Waals surface area contributed by atoms with Gasteiger partial charge in [0.1, 0.15) is 4.83 Å². The Morgan fingerprint density at radius 2 is 2.03 bits per heavy atom. The van der Waals surface area contributed by atoms with Crippen molar-refractivity contribution in [3.8, 4) is 10.4 Å². The van der Waals surface area contributed by atoms with Crippen molar-refractivity contribution in [3.63, 3.8) is 0 Å². The molecule has 0 spiro atoms. The number of nitrogens with one attached hydrogen (secondary N) is 3. The van der Waals surface area contributed by atoms with E-state index in [-0.39, 0.29) is 11.5 Å². The Hall–Kier alpha value is -3.82. The van der Waals surface area contributed by atoms with Crippen molar-refractivity contribution in [2.24, 2.45) is 0 Å². The molecule has 0 saturated carbocycles. The van der Waals surface area contributed by atoms with Gasteiger partial charge in [-0.3, -0.25) is 9.59 Å². The molecule has 1 amide bonds. The zero-order valence-corrected chi connectivity index (χ0v) is 18.5. The van der Waals surface area contributed by atoms with Gasteiger partial charge in [0.15, 0.2) is 0 Å². The molecule has 158 valence electrons. The molecule has 0 atom stereocenters. The summed E-state index contributed by atoms with van der Waals surface area (Å²) in [5, 5.41) is 12.2. The largest absolute Gasteiger partial charge is 0.398 e. The van der Waals surface area contributed by atoms with E-state index in [2.05, 4.69) is 21.4 Å². The van der Waals surface area contributed by atoms with Crippen LogP contribution in [0, 0.1) is 12.3 Å². The first-order valence-electron chi connectivity index (χ1n) is 9.67. The van der Waals surface area contributed by atoms with E-state index in [0.717, 1.165) is 20.5 Å². The molecule has 0 radical (unpaired) electrons. The Labute approximate surface area is 190 Å². The standard InChI is InChI=1S/C23H17N5O2S2/c1-11-18-21(29)26-10-27-23(18)32-20(11)22(30)28-14-6-13(9-24)19(25)15(8-14)17-7-12-4-2-3-5-16(12)31-17/h2-10,24H,25H2,1H3,(H,28,30)(H,26,27,29). The van der Waals surface area contributed by atoms with E-state index in [9.17, 15) is 9.59 Å². The minimum atomic E-state index is -0.340. The maximum Gasteiger partial charge on any atom is 0.266 e. The van der Waals surface area contributed by atoms with Crippen molar-refractivity contribution in [1.29, 1.82) is 5.41 Å². The van der Waals surface area contributed by atoms with Crippen molar-refractivity contribution in [1.82, 2.24) is 9.97 Å². The van der Waals surface area contributed by atoms with Crippen LogP contribution in [0.2, 0.25) is 0 Å². The molecule has 0 aliphatic heterocycles. The Morgan fingerprint density at radius 3 is 2.78 bits per heavy atom. The second-order valence-electron chi connectivity index (χ2n) is 7.24. The summed E-state index contributed by atoms with van der Waals surface area (Å²) >= 11 is 2.77. The van der Waals surface area contributed by atoms with Gasteiger partial charge >= 0.3 is 0 Å². The van der Waals surface area contributed by atoms with E-state index in [0.29, 0.717) is 37.6 Å². The molecule has 0 aliphatic rings. The third kappa shape index (κ3) is 3.28. The number of rotatable bonds is 4. The van der Waals surface area contributed by atoms with Crippen LogP contribution in [0.3, 0.4) is 0 Å². The molecular weight excluding hydrogens is 442 g/mol. The number of aromatic nitrogens is 2. The number of nitrogens with two attached hydrogens (primary N) is 1. The number of nitrogen functional groups attached to an aromatic ring is 1. The maximum absolute atomic E-state index is 13.1. The van der Waals surface area contributed by atoms with Crippen LogP contribution in [0.15, 0.2) is 53.6 Å². The van der Waals surface area contributed by atoms with Crippen LogP contribution in [-0.2, 0) is 0 Å². The molecule has 9 heteroatoms. The second kappa shape index (κ2) is 7.70. The van der Waals surface area contributed by atoms with E-state index in [1.54, 1.807) is 24.3 Å². The number of amides is 1. The molecule has 0 fully saturated rings. The van der Waals surface area contributed by atoms with Crippen LogP contribution in [0.1, 0.15) is 20.8 Å². The lowest BCUT2D eigenvalue weighted by Crippen LogP contribution is -2.13. The lowest BCUT2D eigenvalue weighted by molar-refractivity contribution is 0.103. The Balaban J connectivity index is 1.57. The van der Waals surface area contributed by atoms with Gasteiger partial charge in [-0.25, -0.2) is 4.98 Å². The molecule has 32 heavy (non-hydrogen) atoms. The fraction of sp³-hybridized carbons (Fsp3) is 0.0435. The third-order valence-corrected chi connectivity index (χ3v) is 7.60. The van der Waals surface area contributed by atoms with Gasteiger partial charge in [-0.15, -0.1) is 22.7 Å². The van der Waals surface area contributed by atoms with Crippen molar-refractivity contribution in [2.75, 3.05) is 11.1 Å². The minimum absolute atomic E-state index is 0.270. The molecule has 3 heterocycles. The highest BCUT2D eigenvalue weighted by Crippen LogP contribution is 2.39. The normalized spacial score (nSPS) is 11.2. The van der Waals surface area contributed by atoms with Crippen molar-refractivity contribution < 1.29 is 4.79 Å². The average Bonchev–Trinajstić information content (AvgIpc) is 3.36. The molecular formula is C23H17N5O2S2. The Kier molecular flexibility index (Phi) is 4.84. The van der Waals surface area contributed by atoms with Crippen LogP contribution < -0.4 is 16.6 Å². The number of benzene rings is 2. The van der Waals surface area contributed by atoms with Gasteiger partial charge in [0.05, 0.1) is 16.6 Å². The van der Waals surface area contributed by atoms with Gasteiger partial charge in [-0.2, -0.15) is 0 Å². The van der Waals surface area contributed by atoms with Gasteiger partial charge in [0.25, 0.3) is 11.5 Å². The van der Waals surface area contributed by atoms with Gasteiger partial charge in [-0.05, 0) is 42.1 Å². The van der Waals surface area contributed by atoms with E-state index >= 15 is 0 Å².